The molecule has 1 N–H and O–H groups in total. The zero-order valence-electron chi connectivity index (χ0n) is 17.2. The summed E-state index contributed by atoms with van der Waals surface area (Å²) in [6, 6.07) is 5.15. The number of aromatic nitrogens is 2. The molecule has 1 fully saturated rings. The van der Waals surface area contributed by atoms with Crippen molar-refractivity contribution in [3.05, 3.63) is 45.8 Å². The molecule has 4 heterocycles. The number of rotatable bonds is 4. The molecule has 5 nitrogen and oxygen atoms in total. The van der Waals surface area contributed by atoms with Gasteiger partial charge in [-0.2, -0.15) is 0 Å². The van der Waals surface area contributed by atoms with Crippen molar-refractivity contribution < 1.29 is 9.13 Å². The third-order valence-electron chi connectivity index (χ3n) is 5.87. The maximum absolute atomic E-state index is 14.0. The minimum absolute atomic E-state index is 0.0471. The second kappa shape index (κ2) is 8.42. The molecule has 0 saturated carbocycles. The number of thioether (sulfide) groups is 1. The minimum atomic E-state index is -0.188. The first-order valence-corrected chi connectivity index (χ1v) is 12.1. The highest BCUT2D eigenvalue weighted by atomic mass is 32.2. The van der Waals surface area contributed by atoms with Gasteiger partial charge in [-0.05, 0) is 49.6 Å². The second-order valence-electron chi connectivity index (χ2n) is 7.86. The van der Waals surface area contributed by atoms with Gasteiger partial charge in [0.15, 0.2) is 0 Å². The Kier molecular flexibility index (Phi) is 5.66. The molecule has 8 heteroatoms. The van der Waals surface area contributed by atoms with E-state index < -0.39 is 0 Å². The van der Waals surface area contributed by atoms with Crippen molar-refractivity contribution in [1.29, 1.82) is 0 Å². The first-order valence-electron chi connectivity index (χ1n) is 10.3. The van der Waals surface area contributed by atoms with Crippen LogP contribution in [0.3, 0.4) is 0 Å². The molecule has 158 valence electrons. The topological polar surface area (TPSA) is 50.3 Å². The number of nitrogens with zero attached hydrogens (tertiary/aromatic N) is 3. The molecule has 30 heavy (non-hydrogen) atoms. The van der Waals surface area contributed by atoms with Crippen LogP contribution in [0.5, 0.6) is 0 Å². The Morgan fingerprint density at radius 3 is 2.90 bits per heavy atom. The monoisotopic (exact) mass is 444 g/mol. The molecule has 1 unspecified atom stereocenters. The summed E-state index contributed by atoms with van der Waals surface area (Å²) in [6.45, 7) is 8.30. The summed E-state index contributed by atoms with van der Waals surface area (Å²) >= 11 is 3.51. The predicted octanol–water partition coefficient (Wildman–Crippen LogP) is 4.93. The molecule has 0 amide bonds. The molecule has 1 saturated heterocycles. The van der Waals surface area contributed by atoms with Gasteiger partial charge in [-0.3, -0.25) is 4.90 Å². The van der Waals surface area contributed by atoms with E-state index in [1.165, 1.54) is 10.4 Å². The molecule has 0 radical (unpaired) electrons. The van der Waals surface area contributed by atoms with Crippen molar-refractivity contribution >= 4 is 39.1 Å². The number of hydrogen-bond donors (Lipinski definition) is 1. The summed E-state index contributed by atoms with van der Waals surface area (Å²) in [4.78, 5) is 15.6. The van der Waals surface area contributed by atoms with Gasteiger partial charge in [-0.1, -0.05) is 0 Å². The molecule has 2 aliphatic heterocycles. The number of morpholine rings is 1. The summed E-state index contributed by atoms with van der Waals surface area (Å²) in [5.41, 5.74) is 2.25. The number of fused-ring (bicyclic) bond motifs is 2. The van der Waals surface area contributed by atoms with Crippen molar-refractivity contribution in [2.24, 2.45) is 0 Å². The van der Waals surface area contributed by atoms with Gasteiger partial charge in [-0.15, -0.1) is 23.1 Å². The van der Waals surface area contributed by atoms with Crippen molar-refractivity contribution in [2.45, 2.75) is 37.8 Å². The van der Waals surface area contributed by atoms with E-state index in [2.05, 4.69) is 24.1 Å². The van der Waals surface area contributed by atoms with Gasteiger partial charge in [0, 0.05) is 28.6 Å². The minimum Gasteiger partial charge on any atom is -0.379 e. The predicted molar refractivity (Wildman–Crippen MR) is 121 cm³/mol. The van der Waals surface area contributed by atoms with E-state index in [0.717, 1.165) is 77.3 Å². The summed E-state index contributed by atoms with van der Waals surface area (Å²) in [5.74, 6) is 2.52. The van der Waals surface area contributed by atoms with E-state index in [1.54, 1.807) is 35.2 Å². The van der Waals surface area contributed by atoms with Crippen molar-refractivity contribution in [3.63, 3.8) is 0 Å². The fourth-order valence-corrected chi connectivity index (χ4v) is 6.26. The lowest BCUT2D eigenvalue weighted by Gasteiger charge is -2.28. The summed E-state index contributed by atoms with van der Waals surface area (Å²) in [5, 5.41) is 4.77. The standard InChI is InChI=1S/C22H25FN4OS2/c1-13-14(2)30-22-20(13)21(25-19(26-22)12-27-6-8-28-9-7-27)24-17-5-10-29-18-4-3-15(23)11-16(17)18/h3-4,11,17H,5-10,12H2,1-2H3,(H,24,25,26). The van der Waals surface area contributed by atoms with Crippen LogP contribution < -0.4 is 5.32 Å². The lowest BCUT2D eigenvalue weighted by atomic mass is 10.0. The van der Waals surface area contributed by atoms with Gasteiger partial charge in [-0.25, -0.2) is 14.4 Å². The Morgan fingerprint density at radius 1 is 1.23 bits per heavy atom. The number of aryl methyl sites for hydroxylation is 2. The van der Waals surface area contributed by atoms with Gasteiger partial charge < -0.3 is 10.1 Å². The number of halogens is 1. The van der Waals surface area contributed by atoms with Crippen LogP contribution in [0.25, 0.3) is 10.2 Å². The first-order chi connectivity index (χ1) is 14.6. The third-order valence-corrected chi connectivity index (χ3v) is 8.09. The average molecular weight is 445 g/mol. The van der Waals surface area contributed by atoms with Crippen LogP contribution in [0.15, 0.2) is 23.1 Å². The Balaban J connectivity index is 1.52. The Labute approximate surface area is 184 Å². The van der Waals surface area contributed by atoms with Gasteiger partial charge in [0.2, 0.25) is 0 Å². The number of nitrogens with one attached hydrogen (secondary N) is 1. The zero-order chi connectivity index (χ0) is 20.7. The smallest absolute Gasteiger partial charge is 0.146 e. The molecule has 0 bridgehead atoms. The highest BCUT2D eigenvalue weighted by molar-refractivity contribution is 7.99. The van der Waals surface area contributed by atoms with Crippen molar-refractivity contribution in [3.8, 4) is 0 Å². The van der Waals surface area contributed by atoms with Gasteiger partial charge in [0.1, 0.15) is 22.3 Å². The summed E-state index contributed by atoms with van der Waals surface area (Å²) in [6.07, 6.45) is 0.938. The molecule has 1 atom stereocenters. The van der Waals surface area contributed by atoms with Crippen LogP contribution in [0, 0.1) is 19.7 Å². The van der Waals surface area contributed by atoms with Gasteiger partial charge >= 0.3 is 0 Å². The van der Waals surface area contributed by atoms with E-state index in [4.69, 9.17) is 14.7 Å². The number of hydrogen-bond acceptors (Lipinski definition) is 7. The molecule has 0 aliphatic carbocycles. The second-order valence-corrected chi connectivity index (χ2v) is 10.2. The molecule has 2 aromatic heterocycles. The maximum atomic E-state index is 14.0. The average Bonchev–Trinajstić information content (AvgIpc) is 3.03. The number of ether oxygens (including phenoxy) is 1. The molecular weight excluding hydrogens is 419 g/mol. The number of anilines is 1. The molecule has 3 aromatic rings. The molecule has 1 aromatic carbocycles. The Hall–Kier alpha value is -1.74. The first kappa shape index (κ1) is 20.2. The quantitative estimate of drug-likeness (QED) is 0.616. The lowest BCUT2D eigenvalue weighted by molar-refractivity contribution is 0.0331. The highest BCUT2D eigenvalue weighted by Crippen LogP contribution is 2.40. The van der Waals surface area contributed by atoms with E-state index in [-0.39, 0.29) is 11.9 Å². The fourth-order valence-electron chi connectivity index (χ4n) is 4.11. The van der Waals surface area contributed by atoms with E-state index in [9.17, 15) is 4.39 Å². The summed E-state index contributed by atoms with van der Waals surface area (Å²) in [7, 11) is 0. The van der Waals surface area contributed by atoms with Gasteiger partial charge in [0.05, 0.1) is 31.2 Å². The number of benzene rings is 1. The van der Waals surface area contributed by atoms with Crippen LogP contribution in [0.4, 0.5) is 10.2 Å². The fraction of sp³-hybridized carbons (Fsp3) is 0.455. The van der Waals surface area contributed by atoms with Crippen LogP contribution in [-0.2, 0) is 11.3 Å². The van der Waals surface area contributed by atoms with Crippen LogP contribution in [0.1, 0.15) is 34.3 Å². The van der Waals surface area contributed by atoms with Crippen molar-refractivity contribution in [1.82, 2.24) is 14.9 Å². The molecule has 5 rings (SSSR count). The van der Waals surface area contributed by atoms with Crippen LogP contribution in [-0.4, -0.2) is 46.9 Å². The normalized spacial score (nSPS) is 19.8. The van der Waals surface area contributed by atoms with Crippen LogP contribution >= 0.6 is 23.1 Å². The Bertz CT molecular complexity index is 1080. The Morgan fingerprint density at radius 2 is 2.07 bits per heavy atom. The zero-order valence-corrected chi connectivity index (χ0v) is 18.8. The SMILES string of the molecule is Cc1sc2nc(CN3CCOCC3)nc(NC3CCSc4ccc(F)cc43)c2c1C. The lowest BCUT2D eigenvalue weighted by Crippen LogP contribution is -2.36. The molecule has 2 aliphatic rings. The van der Waals surface area contributed by atoms with Crippen molar-refractivity contribution in [2.75, 3.05) is 37.4 Å². The van der Waals surface area contributed by atoms with Crippen LogP contribution in [0.2, 0.25) is 0 Å². The van der Waals surface area contributed by atoms with E-state index in [0.29, 0.717) is 0 Å². The maximum Gasteiger partial charge on any atom is 0.146 e. The summed E-state index contributed by atoms with van der Waals surface area (Å²) < 4.78 is 19.4. The third kappa shape index (κ3) is 3.93. The van der Waals surface area contributed by atoms with Gasteiger partial charge in [0.25, 0.3) is 0 Å². The molecule has 0 spiro atoms. The van der Waals surface area contributed by atoms with E-state index in [1.807, 2.05) is 6.07 Å². The largest absolute Gasteiger partial charge is 0.379 e. The highest BCUT2D eigenvalue weighted by Gasteiger charge is 2.24. The van der Waals surface area contributed by atoms with E-state index >= 15 is 0 Å². The molecular formula is C22H25FN4OS2. The number of thiophene rings is 1.